The molecule has 1 saturated carbocycles. The standard InChI is InChI=1S/C29H36N4O4S/c1-5-31(6-2)20-29(17-7-18-29)21-8-10-22(11-9-21)32-19-16-25-26(28(32)34)33(30-27(25)38-37-36-4)23-12-14-24(35-3)15-13-23/h8-15H,5-7,16-20H2,1-4H3. The van der Waals surface area contributed by atoms with E-state index in [1.807, 2.05) is 29.2 Å². The number of methoxy groups -OCH3 is 1. The summed E-state index contributed by atoms with van der Waals surface area (Å²) in [5, 5.41) is 5.35. The molecule has 0 spiro atoms. The summed E-state index contributed by atoms with van der Waals surface area (Å²) in [5.74, 6) is 0.665. The van der Waals surface area contributed by atoms with E-state index in [0.29, 0.717) is 23.7 Å². The number of likely N-dealkylation sites (N-methyl/N-ethyl adjacent to an activating group) is 1. The number of fused-ring (bicyclic) bond motifs is 1. The van der Waals surface area contributed by atoms with Crippen LogP contribution >= 0.6 is 12.0 Å². The lowest BCUT2D eigenvalue weighted by atomic mass is 9.64. The Morgan fingerprint density at radius 3 is 2.26 bits per heavy atom. The number of aromatic nitrogens is 2. The highest BCUT2D eigenvalue weighted by molar-refractivity contribution is 7.94. The van der Waals surface area contributed by atoms with E-state index in [-0.39, 0.29) is 11.3 Å². The SMILES string of the molecule is CCN(CC)CC1(c2ccc(N3CCc4c(SOOC)nn(-c5ccc(OC)cc5)c4C3=O)cc2)CCC1. The molecule has 2 aromatic carbocycles. The van der Waals surface area contributed by atoms with Crippen molar-refractivity contribution in [1.29, 1.82) is 0 Å². The summed E-state index contributed by atoms with van der Waals surface area (Å²) in [6, 6.07) is 16.2. The molecule has 3 aromatic rings. The van der Waals surface area contributed by atoms with Gasteiger partial charge in [-0.1, -0.05) is 32.4 Å². The van der Waals surface area contributed by atoms with E-state index in [2.05, 4.69) is 43.0 Å². The highest BCUT2D eigenvalue weighted by atomic mass is 32.2. The Kier molecular flexibility index (Phi) is 8.09. The first-order valence-electron chi connectivity index (χ1n) is 13.3. The average molecular weight is 537 g/mol. The van der Waals surface area contributed by atoms with Gasteiger partial charge in [0.25, 0.3) is 5.91 Å². The number of carbonyl (C=O) groups is 1. The third kappa shape index (κ3) is 4.96. The molecule has 38 heavy (non-hydrogen) atoms. The molecule has 0 atom stereocenters. The zero-order valence-electron chi connectivity index (χ0n) is 22.6. The lowest BCUT2D eigenvalue weighted by Crippen LogP contribution is -2.45. The Labute approximate surface area is 229 Å². The number of amides is 1. The van der Waals surface area contributed by atoms with Crippen molar-refractivity contribution in [3.63, 3.8) is 0 Å². The second-order valence-electron chi connectivity index (χ2n) is 9.91. The quantitative estimate of drug-likeness (QED) is 0.184. The van der Waals surface area contributed by atoms with Crippen LogP contribution in [-0.2, 0) is 21.1 Å². The first-order chi connectivity index (χ1) is 18.5. The third-order valence-electron chi connectivity index (χ3n) is 8.00. The minimum Gasteiger partial charge on any atom is -0.497 e. The molecule has 9 heteroatoms. The molecular formula is C29H36N4O4S. The molecule has 0 unspecified atom stereocenters. The maximum Gasteiger partial charge on any atom is 0.277 e. The monoisotopic (exact) mass is 536 g/mol. The molecule has 5 rings (SSSR count). The molecule has 202 valence electrons. The molecule has 1 aliphatic heterocycles. The molecular weight excluding hydrogens is 500 g/mol. The van der Waals surface area contributed by atoms with E-state index in [1.54, 1.807) is 11.8 Å². The zero-order chi connectivity index (χ0) is 26.7. The number of rotatable bonds is 11. The van der Waals surface area contributed by atoms with E-state index >= 15 is 0 Å². The van der Waals surface area contributed by atoms with Crippen LogP contribution in [0.2, 0.25) is 0 Å². The van der Waals surface area contributed by atoms with E-state index in [0.717, 1.165) is 54.4 Å². The average Bonchev–Trinajstić information content (AvgIpc) is 3.31. The topological polar surface area (TPSA) is 69.1 Å². The Morgan fingerprint density at radius 1 is 1.00 bits per heavy atom. The first kappa shape index (κ1) is 26.7. The molecule has 0 saturated heterocycles. The molecule has 1 aliphatic carbocycles. The number of hydrogen-bond acceptors (Lipinski definition) is 7. The van der Waals surface area contributed by atoms with Crippen LogP contribution < -0.4 is 9.64 Å². The van der Waals surface area contributed by atoms with E-state index < -0.39 is 0 Å². The van der Waals surface area contributed by atoms with E-state index in [9.17, 15) is 4.79 Å². The van der Waals surface area contributed by atoms with Gasteiger partial charge < -0.3 is 14.5 Å². The summed E-state index contributed by atoms with van der Waals surface area (Å²) in [7, 11) is 3.08. The number of ether oxygens (including phenoxy) is 1. The molecule has 0 radical (unpaired) electrons. The van der Waals surface area contributed by atoms with Crippen LogP contribution in [0.25, 0.3) is 5.69 Å². The van der Waals surface area contributed by atoms with Crippen molar-refractivity contribution in [2.24, 2.45) is 0 Å². The summed E-state index contributed by atoms with van der Waals surface area (Å²) >= 11 is 1.03. The zero-order valence-corrected chi connectivity index (χ0v) is 23.4. The second-order valence-corrected chi connectivity index (χ2v) is 10.6. The van der Waals surface area contributed by atoms with Gasteiger partial charge in [-0.3, -0.25) is 4.79 Å². The fourth-order valence-corrected chi connectivity index (χ4v) is 6.18. The van der Waals surface area contributed by atoms with Gasteiger partial charge in [0.15, 0.2) is 5.03 Å². The lowest BCUT2D eigenvalue weighted by molar-refractivity contribution is -0.160. The van der Waals surface area contributed by atoms with E-state index in [4.69, 9.17) is 19.1 Å². The van der Waals surface area contributed by atoms with Gasteiger partial charge in [0.2, 0.25) is 0 Å². The predicted molar refractivity (Wildman–Crippen MR) is 149 cm³/mol. The van der Waals surface area contributed by atoms with Crippen LogP contribution in [0.15, 0.2) is 53.6 Å². The smallest absolute Gasteiger partial charge is 0.277 e. The van der Waals surface area contributed by atoms with Crippen molar-refractivity contribution in [2.75, 3.05) is 45.3 Å². The van der Waals surface area contributed by atoms with Gasteiger partial charge in [-0.15, -0.1) is 0 Å². The summed E-state index contributed by atoms with van der Waals surface area (Å²) in [4.78, 5) is 23.1. The number of benzene rings is 2. The normalized spacial score (nSPS) is 16.4. The molecule has 0 N–H and O–H groups in total. The Morgan fingerprint density at radius 2 is 1.68 bits per heavy atom. The van der Waals surface area contributed by atoms with Gasteiger partial charge in [-0.25, -0.2) is 9.57 Å². The Balaban J connectivity index is 1.44. The van der Waals surface area contributed by atoms with Crippen molar-refractivity contribution in [1.82, 2.24) is 14.7 Å². The van der Waals surface area contributed by atoms with Gasteiger partial charge in [-0.05, 0) is 74.3 Å². The van der Waals surface area contributed by atoms with Crippen LogP contribution in [0.1, 0.15) is 54.7 Å². The van der Waals surface area contributed by atoms with Crippen LogP contribution in [0.4, 0.5) is 5.69 Å². The van der Waals surface area contributed by atoms with Crippen molar-refractivity contribution >= 4 is 23.6 Å². The molecule has 2 aliphatic rings. The van der Waals surface area contributed by atoms with Gasteiger partial charge >= 0.3 is 0 Å². The summed E-state index contributed by atoms with van der Waals surface area (Å²) in [5.41, 5.74) is 4.71. The molecule has 1 fully saturated rings. The second kappa shape index (κ2) is 11.5. The molecule has 0 bridgehead atoms. The molecule has 1 amide bonds. The van der Waals surface area contributed by atoms with Crippen LogP contribution in [0.5, 0.6) is 5.75 Å². The van der Waals surface area contributed by atoms with Crippen molar-refractivity contribution in [2.45, 2.75) is 50.0 Å². The number of hydrogen-bond donors (Lipinski definition) is 0. The summed E-state index contributed by atoms with van der Waals surface area (Å²) in [6.07, 6.45) is 4.39. The lowest BCUT2D eigenvalue weighted by Gasteiger charge is -2.45. The van der Waals surface area contributed by atoms with Gasteiger partial charge in [0.1, 0.15) is 11.4 Å². The number of anilines is 1. The summed E-state index contributed by atoms with van der Waals surface area (Å²) in [6.45, 7) is 8.27. The highest BCUT2D eigenvalue weighted by Gasteiger charge is 2.40. The van der Waals surface area contributed by atoms with Crippen molar-refractivity contribution in [3.8, 4) is 11.4 Å². The first-order valence-corrected chi connectivity index (χ1v) is 14.1. The van der Waals surface area contributed by atoms with Gasteiger partial charge in [0, 0.05) is 29.8 Å². The van der Waals surface area contributed by atoms with Gasteiger partial charge in [0.05, 0.1) is 31.9 Å². The van der Waals surface area contributed by atoms with Crippen LogP contribution in [-0.4, -0.2) is 61.0 Å². The van der Waals surface area contributed by atoms with Crippen molar-refractivity contribution < 1.29 is 18.8 Å². The van der Waals surface area contributed by atoms with Crippen LogP contribution in [0, 0.1) is 0 Å². The molecule has 2 heterocycles. The van der Waals surface area contributed by atoms with Gasteiger partial charge in [-0.2, -0.15) is 9.43 Å². The van der Waals surface area contributed by atoms with Crippen LogP contribution in [0.3, 0.4) is 0 Å². The van der Waals surface area contributed by atoms with E-state index in [1.165, 1.54) is 31.9 Å². The minimum atomic E-state index is -0.0758. The maximum atomic E-state index is 13.9. The number of carbonyl (C=O) groups excluding carboxylic acids is 1. The summed E-state index contributed by atoms with van der Waals surface area (Å²) < 4.78 is 12.1. The fraction of sp³-hybridized carbons (Fsp3) is 0.448. The fourth-order valence-electron chi connectivity index (χ4n) is 5.63. The highest BCUT2D eigenvalue weighted by Crippen LogP contribution is 2.45. The number of nitrogens with zero attached hydrogens (tertiary/aromatic N) is 4. The molecule has 8 nitrogen and oxygen atoms in total. The molecule has 1 aromatic heterocycles. The Hall–Kier alpha value is -2.85. The largest absolute Gasteiger partial charge is 0.497 e. The minimum absolute atomic E-state index is 0.0758. The Bertz CT molecular complexity index is 1250. The predicted octanol–water partition coefficient (Wildman–Crippen LogP) is 5.43. The van der Waals surface area contributed by atoms with Crippen molar-refractivity contribution in [3.05, 3.63) is 65.4 Å². The third-order valence-corrected chi connectivity index (χ3v) is 8.69. The maximum absolute atomic E-state index is 13.9.